The van der Waals surface area contributed by atoms with E-state index in [-0.39, 0.29) is 5.78 Å². The third kappa shape index (κ3) is 4.78. The predicted molar refractivity (Wildman–Crippen MR) is 110 cm³/mol. The number of hydrogen-bond acceptors (Lipinski definition) is 8. The molecule has 0 saturated carbocycles. The van der Waals surface area contributed by atoms with Gasteiger partial charge < -0.3 is 19.3 Å². The first-order valence-electron chi connectivity index (χ1n) is 9.89. The Kier molecular flexibility index (Phi) is 6.12. The summed E-state index contributed by atoms with van der Waals surface area (Å²) in [6.45, 7) is 9.19. The molecule has 2 aliphatic rings. The fourth-order valence-electron chi connectivity index (χ4n) is 3.39. The second kappa shape index (κ2) is 9.11. The minimum Gasteiger partial charge on any atom is -0.378 e. The maximum absolute atomic E-state index is 11.8. The van der Waals surface area contributed by atoms with Crippen LogP contribution >= 0.6 is 0 Å². The van der Waals surface area contributed by atoms with Crippen molar-refractivity contribution in [2.24, 2.45) is 0 Å². The van der Waals surface area contributed by atoms with E-state index in [4.69, 9.17) is 24.4 Å². The molecule has 1 aromatic carbocycles. The molecule has 152 valence electrons. The zero-order valence-electron chi connectivity index (χ0n) is 16.4. The first-order chi connectivity index (χ1) is 14.2. The van der Waals surface area contributed by atoms with E-state index in [1.54, 1.807) is 0 Å². The molecule has 0 spiro atoms. The second-order valence-corrected chi connectivity index (χ2v) is 7.01. The van der Waals surface area contributed by atoms with Gasteiger partial charge in [-0.05, 0) is 17.7 Å². The fraction of sp³-hybridized carbons (Fsp3) is 0.429. The predicted octanol–water partition coefficient (Wildman–Crippen LogP) is 1.51. The average Bonchev–Trinajstić information content (AvgIpc) is 2.80. The van der Waals surface area contributed by atoms with Crippen LogP contribution in [0.5, 0.6) is 0 Å². The number of anilines is 2. The molecule has 0 bridgehead atoms. The minimum absolute atomic E-state index is 0.0131. The molecule has 0 atom stereocenters. The molecule has 0 unspecified atom stereocenters. The highest BCUT2D eigenvalue weighted by atomic mass is 16.5. The number of nitrogens with zero attached hydrogens (tertiary/aromatic N) is 5. The highest BCUT2D eigenvalue weighted by molar-refractivity contribution is 5.91. The zero-order valence-corrected chi connectivity index (χ0v) is 16.4. The van der Waals surface area contributed by atoms with Crippen LogP contribution in [0.1, 0.15) is 5.56 Å². The number of allylic oxidation sites excluding steroid dienone is 1. The molecule has 1 aromatic heterocycles. The molecule has 0 aliphatic carbocycles. The zero-order chi connectivity index (χ0) is 20.1. The number of aromatic nitrogens is 3. The number of ketones is 1. The lowest BCUT2D eigenvalue weighted by Crippen LogP contribution is -2.40. The van der Waals surface area contributed by atoms with Crippen molar-refractivity contribution in [1.82, 2.24) is 15.0 Å². The highest BCUT2D eigenvalue weighted by Gasteiger charge is 2.21. The van der Waals surface area contributed by atoms with Crippen LogP contribution in [-0.2, 0) is 20.7 Å². The van der Waals surface area contributed by atoms with Crippen LogP contribution in [0.3, 0.4) is 0 Å². The van der Waals surface area contributed by atoms with E-state index < -0.39 is 0 Å². The Bertz CT molecular complexity index is 840. The standard InChI is InChI=1S/C21H25N5O3/c1-2-18(27)15-16-4-3-5-17(14-16)19-22-20(25-6-10-28-11-7-25)24-21(23-19)26-8-12-29-13-9-26/h2-5,14H,1,6-13,15H2. The van der Waals surface area contributed by atoms with Gasteiger partial charge >= 0.3 is 0 Å². The number of morpholine rings is 2. The van der Waals surface area contributed by atoms with Crippen molar-refractivity contribution in [3.8, 4) is 11.4 Å². The molecule has 29 heavy (non-hydrogen) atoms. The summed E-state index contributed by atoms with van der Waals surface area (Å²) in [4.78, 5) is 30.2. The summed E-state index contributed by atoms with van der Waals surface area (Å²) >= 11 is 0. The van der Waals surface area contributed by atoms with Crippen LogP contribution in [0.25, 0.3) is 11.4 Å². The van der Waals surface area contributed by atoms with Crippen LogP contribution in [0.4, 0.5) is 11.9 Å². The molecule has 0 radical (unpaired) electrons. The monoisotopic (exact) mass is 395 g/mol. The van der Waals surface area contributed by atoms with Gasteiger partial charge in [-0.1, -0.05) is 24.8 Å². The Hall–Kier alpha value is -2.84. The summed E-state index contributed by atoms with van der Waals surface area (Å²) in [7, 11) is 0. The van der Waals surface area contributed by atoms with Crippen molar-refractivity contribution in [1.29, 1.82) is 0 Å². The van der Waals surface area contributed by atoms with Gasteiger partial charge in [0.05, 0.1) is 26.4 Å². The number of carbonyl (C=O) groups is 1. The first kappa shape index (κ1) is 19.5. The van der Waals surface area contributed by atoms with Gasteiger partial charge in [0.25, 0.3) is 0 Å². The van der Waals surface area contributed by atoms with E-state index in [1.807, 2.05) is 24.3 Å². The molecule has 0 amide bonds. The Morgan fingerprint density at radius 1 is 0.966 bits per heavy atom. The van der Waals surface area contributed by atoms with Gasteiger partial charge in [0, 0.05) is 38.2 Å². The number of rotatable bonds is 6. The SMILES string of the molecule is C=CC(=O)Cc1cccc(-c2nc(N3CCOCC3)nc(N3CCOCC3)n2)c1. The van der Waals surface area contributed by atoms with Gasteiger partial charge in [-0.25, -0.2) is 0 Å². The summed E-state index contributed by atoms with van der Waals surface area (Å²) in [6.07, 6.45) is 1.66. The van der Waals surface area contributed by atoms with E-state index >= 15 is 0 Å². The third-order valence-electron chi connectivity index (χ3n) is 4.99. The summed E-state index contributed by atoms with van der Waals surface area (Å²) < 4.78 is 10.9. The van der Waals surface area contributed by atoms with Crippen molar-refractivity contribution in [3.05, 3.63) is 42.5 Å². The van der Waals surface area contributed by atoms with Crippen LogP contribution in [0, 0.1) is 0 Å². The van der Waals surface area contributed by atoms with Crippen LogP contribution in [-0.4, -0.2) is 73.3 Å². The Balaban J connectivity index is 1.70. The number of ether oxygens (including phenoxy) is 2. The van der Waals surface area contributed by atoms with Gasteiger partial charge in [0.2, 0.25) is 11.9 Å². The molecule has 4 rings (SSSR count). The normalized spacial score (nSPS) is 17.2. The van der Waals surface area contributed by atoms with E-state index in [0.717, 1.165) is 37.3 Å². The molecular weight excluding hydrogens is 370 g/mol. The Morgan fingerprint density at radius 3 is 2.10 bits per heavy atom. The maximum atomic E-state index is 11.8. The van der Waals surface area contributed by atoms with E-state index in [9.17, 15) is 4.79 Å². The summed E-state index contributed by atoms with van der Waals surface area (Å²) in [5.41, 5.74) is 1.78. The summed E-state index contributed by atoms with van der Waals surface area (Å²) in [5, 5.41) is 0. The van der Waals surface area contributed by atoms with Crippen molar-refractivity contribution in [2.45, 2.75) is 6.42 Å². The highest BCUT2D eigenvalue weighted by Crippen LogP contribution is 2.23. The first-order valence-corrected chi connectivity index (χ1v) is 9.89. The quantitative estimate of drug-likeness (QED) is 0.681. The van der Waals surface area contributed by atoms with E-state index in [0.29, 0.717) is 50.6 Å². The van der Waals surface area contributed by atoms with Gasteiger partial charge in [0.15, 0.2) is 11.6 Å². The molecule has 8 nitrogen and oxygen atoms in total. The number of carbonyl (C=O) groups excluding carboxylic acids is 1. The van der Waals surface area contributed by atoms with Gasteiger partial charge in [0.1, 0.15) is 0 Å². The van der Waals surface area contributed by atoms with Gasteiger partial charge in [-0.2, -0.15) is 15.0 Å². The van der Waals surface area contributed by atoms with Gasteiger partial charge in [-0.15, -0.1) is 0 Å². The molecule has 2 aromatic rings. The maximum Gasteiger partial charge on any atom is 0.230 e. The number of benzene rings is 1. The molecule has 2 saturated heterocycles. The Labute approximate surface area is 170 Å². The molecule has 8 heteroatoms. The third-order valence-corrected chi connectivity index (χ3v) is 4.99. The lowest BCUT2D eigenvalue weighted by Gasteiger charge is -2.30. The van der Waals surface area contributed by atoms with Crippen LogP contribution < -0.4 is 9.80 Å². The Morgan fingerprint density at radius 2 is 1.55 bits per heavy atom. The lowest BCUT2D eigenvalue weighted by atomic mass is 10.1. The van der Waals surface area contributed by atoms with E-state index in [2.05, 4.69) is 16.4 Å². The van der Waals surface area contributed by atoms with Crippen LogP contribution in [0.2, 0.25) is 0 Å². The molecule has 0 N–H and O–H groups in total. The summed E-state index contributed by atoms with van der Waals surface area (Å²) in [5.74, 6) is 1.91. The summed E-state index contributed by atoms with van der Waals surface area (Å²) in [6, 6.07) is 7.78. The molecule has 2 aliphatic heterocycles. The molecule has 2 fully saturated rings. The molecular formula is C21H25N5O3. The van der Waals surface area contributed by atoms with Crippen molar-refractivity contribution >= 4 is 17.7 Å². The molecule has 3 heterocycles. The fourth-order valence-corrected chi connectivity index (χ4v) is 3.39. The van der Waals surface area contributed by atoms with Crippen molar-refractivity contribution in [2.75, 3.05) is 62.4 Å². The average molecular weight is 395 g/mol. The van der Waals surface area contributed by atoms with Crippen LogP contribution in [0.15, 0.2) is 36.9 Å². The lowest BCUT2D eigenvalue weighted by molar-refractivity contribution is -0.114. The second-order valence-electron chi connectivity index (χ2n) is 7.01. The van der Waals surface area contributed by atoms with E-state index in [1.165, 1.54) is 6.08 Å². The topological polar surface area (TPSA) is 80.7 Å². The smallest absolute Gasteiger partial charge is 0.230 e. The largest absolute Gasteiger partial charge is 0.378 e. The van der Waals surface area contributed by atoms with Crippen molar-refractivity contribution < 1.29 is 14.3 Å². The van der Waals surface area contributed by atoms with Crippen molar-refractivity contribution in [3.63, 3.8) is 0 Å². The number of hydrogen-bond donors (Lipinski definition) is 0. The van der Waals surface area contributed by atoms with Gasteiger partial charge in [-0.3, -0.25) is 4.79 Å². The minimum atomic E-state index is -0.0131.